The van der Waals surface area contributed by atoms with Crippen molar-refractivity contribution in [3.8, 4) is 0 Å². The first kappa shape index (κ1) is 20.7. The van der Waals surface area contributed by atoms with E-state index in [0.717, 1.165) is 45.7 Å². The number of carbonyl (C=O) groups excluding carboxylic acids is 1. The van der Waals surface area contributed by atoms with Gasteiger partial charge in [-0.1, -0.05) is 12.1 Å². The Morgan fingerprint density at radius 2 is 1.77 bits per heavy atom. The van der Waals surface area contributed by atoms with Crippen LogP contribution in [0.15, 0.2) is 18.2 Å². The van der Waals surface area contributed by atoms with Crippen molar-refractivity contribution in [2.75, 3.05) is 50.7 Å². The average Bonchev–Trinajstić information content (AvgIpc) is 2.57. The molecule has 1 aromatic carbocycles. The van der Waals surface area contributed by atoms with Gasteiger partial charge in [0.2, 0.25) is 5.91 Å². The van der Waals surface area contributed by atoms with Crippen LogP contribution in [0.2, 0.25) is 0 Å². The molecule has 2 N–H and O–H groups in total. The molecule has 0 unspecified atom stereocenters. The van der Waals surface area contributed by atoms with E-state index in [1.807, 2.05) is 0 Å². The van der Waals surface area contributed by atoms with E-state index in [2.05, 4.69) is 73.3 Å². The van der Waals surface area contributed by atoms with Crippen LogP contribution >= 0.6 is 0 Å². The third-order valence-electron chi connectivity index (χ3n) is 4.99. The van der Waals surface area contributed by atoms with Crippen LogP contribution in [-0.2, 0) is 4.79 Å². The molecule has 2 rings (SSSR count). The number of anilines is 1. The van der Waals surface area contributed by atoms with Crippen molar-refractivity contribution in [2.45, 2.75) is 46.6 Å². The lowest BCUT2D eigenvalue weighted by molar-refractivity contribution is -0.122. The molecule has 0 radical (unpaired) electrons. The van der Waals surface area contributed by atoms with Gasteiger partial charge >= 0.3 is 0 Å². The molecule has 26 heavy (non-hydrogen) atoms. The summed E-state index contributed by atoms with van der Waals surface area (Å²) in [5.74, 6) is 0.140. The van der Waals surface area contributed by atoms with Gasteiger partial charge in [-0.2, -0.15) is 0 Å². The summed E-state index contributed by atoms with van der Waals surface area (Å²) in [5.41, 5.74) is 4.17. The number of carbonyl (C=O) groups is 1. The fourth-order valence-corrected chi connectivity index (χ4v) is 3.26. The zero-order valence-corrected chi connectivity index (χ0v) is 17.2. The lowest BCUT2D eigenvalue weighted by Crippen LogP contribution is -2.49. The number of hydrogen-bond donors (Lipinski definition) is 2. The van der Waals surface area contributed by atoms with Crippen LogP contribution in [0.4, 0.5) is 5.69 Å². The van der Waals surface area contributed by atoms with Crippen LogP contribution < -0.4 is 15.5 Å². The van der Waals surface area contributed by atoms with E-state index in [1.165, 1.54) is 16.8 Å². The minimum Gasteiger partial charge on any atom is -0.369 e. The predicted molar refractivity (Wildman–Crippen MR) is 110 cm³/mol. The van der Waals surface area contributed by atoms with Crippen LogP contribution in [0.25, 0.3) is 0 Å². The molecular formula is C21H36N4O. The van der Waals surface area contributed by atoms with Crippen molar-refractivity contribution in [3.63, 3.8) is 0 Å². The summed E-state index contributed by atoms with van der Waals surface area (Å²) in [5, 5.41) is 6.48. The van der Waals surface area contributed by atoms with E-state index < -0.39 is 0 Å². The molecule has 0 aliphatic carbocycles. The highest BCUT2D eigenvalue weighted by molar-refractivity contribution is 5.78. The smallest absolute Gasteiger partial charge is 0.234 e. The fraction of sp³-hybridized carbons (Fsp3) is 0.667. The van der Waals surface area contributed by atoms with Crippen molar-refractivity contribution in [3.05, 3.63) is 29.3 Å². The normalized spacial score (nSPS) is 16.0. The average molecular weight is 361 g/mol. The number of piperazine rings is 1. The van der Waals surface area contributed by atoms with Crippen molar-refractivity contribution in [1.82, 2.24) is 15.5 Å². The summed E-state index contributed by atoms with van der Waals surface area (Å²) in [7, 11) is 0. The first-order chi connectivity index (χ1) is 12.3. The quantitative estimate of drug-likeness (QED) is 0.733. The van der Waals surface area contributed by atoms with Crippen molar-refractivity contribution < 1.29 is 4.79 Å². The summed E-state index contributed by atoms with van der Waals surface area (Å²) >= 11 is 0. The van der Waals surface area contributed by atoms with Gasteiger partial charge in [0.25, 0.3) is 0 Å². The summed E-state index contributed by atoms with van der Waals surface area (Å²) < 4.78 is 0. The molecular weight excluding hydrogens is 324 g/mol. The van der Waals surface area contributed by atoms with Gasteiger partial charge in [0.1, 0.15) is 0 Å². The lowest BCUT2D eigenvalue weighted by Gasteiger charge is -2.36. The van der Waals surface area contributed by atoms with Crippen LogP contribution in [-0.4, -0.2) is 62.2 Å². The SMILES string of the molecule is Cc1cccc(N2CCN(CC(=O)NCCCNC(C)(C)C)CC2)c1C. The molecule has 1 amide bonds. The summed E-state index contributed by atoms with van der Waals surface area (Å²) in [4.78, 5) is 16.8. The summed E-state index contributed by atoms with van der Waals surface area (Å²) in [6.45, 7) is 16.8. The summed E-state index contributed by atoms with van der Waals surface area (Å²) in [6.07, 6.45) is 0.962. The molecule has 1 aliphatic rings. The Labute approximate surface area is 159 Å². The molecule has 0 atom stereocenters. The Kier molecular flexibility index (Phi) is 7.47. The van der Waals surface area contributed by atoms with Gasteiger partial charge in [0.15, 0.2) is 0 Å². The predicted octanol–water partition coefficient (Wildman–Crippen LogP) is 2.32. The maximum atomic E-state index is 12.1. The maximum Gasteiger partial charge on any atom is 0.234 e. The third-order valence-corrected chi connectivity index (χ3v) is 4.99. The van der Waals surface area contributed by atoms with E-state index in [0.29, 0.717) is 6.54 Å². The van der Waals surface area contributed by atoms with Gasteiger partial charge in [0, 0.05) is 44.0 Å². The molecule has 0 saturated carbocycles. The highest BCUT2D eigenvalue weighted by Crippen LogP contribution is 2.23. The second kappa shape index (κ2) is 9.38. The second-order valence-corrected chi connectivity index (χ2v) is 8.36. The Hall–Kier alpha value is -1.59. The number of aryl methyl sites for hydroxylation is 1. The molecule has 146 valence electrons. The van der Waals surface area contributed by atoms with Crippen molar-refractivity contribution in [1.29, 1.82) is 0 Å². The molecule has 1 fully saturated rings. The zero-order chi connectivity index (χ0) is 19.2. The number of rotatable bonds is 7. The molecule has 1 heterocycles. The minimum absolute atomic E-state index is 0.138. The fourth-order valence-electron chi connectivity index (χ4n) is 3.26. The van der Waals surface area contributed by atoms with Crippen LogP contribution in [0.5, 0.6) is 0 Å². The molecule has 0 aromatic heterocycles. The molecule has 5 heteroatoms. The Balaban J connectivity index is 1.67. The van der Waals surface area contributed by atoms with Crippen LogP contribution in [0, 0.1) is 13.8 Å². The number of benzene rings is 1. The van der Waals surface area contributed by atoms with Gasteiger partial charge in [0.05, 0.1) is 6.54 Å². The van der Waals surface area contributed by atoms with Crippen LogP contribution in [0.3, 0.4) is 0 Å². The van der Waals surface area contributed by atoms with Gasteiger partial charge in [-0.15, -0.1) is 0 Å². The van der Waals surface area contributed by atoms with E-state index in [1.54, 1.807) is 0 Å². The largest absolute Gasteiger partial charge is 0.369 e. The van der Waals surface area contributed by atoms with E-state index in [-0.39, 0.29) is 11.4 Å². The number of nitrogens with zero attached hydrogens (tertiary/aromatic N) is 2. The number of hydrogen-bond acceptors (Lipinski definition) is 4. The number of nitrogens with one attached hydrogen (secondary N) is 2. The van der Waals surface area contributed by atoms with E-state index in [9.17, 15) is 4.79 Å². The molecule has 1 saturated heterocycles. The topological polar surface area (TPSA) is 47.6 Å². The van der Waals surface area contributed by atoms with Gasteiger partial charge in [-0.25, -0.2) is 0 Å². The first-order valence-electron chi connectivity index (χ1n) is 9.81. The molecule has 0 spiro atoms. The third kappa shape index (κ3) is 6.61. The van der Waals surface area contributed by atoms with Crippen LogP contribution in [0.1, 0.15) is 38.3 Å². The van der Waals surface area contributed by atoms with Gasteiger partial charge in [-0.05, 0) is 64.8 Å². The van der Waals surface area contributed by atoms with Gasteiger partial charge < -0.3 is 15.5 Å². The van der Waals surface area contributed by atoms with E-state index >= 15 is 0 Å². The Bertz CT molecular complexity index is 586. The zero-order valence-electron chi connectivity index (χ0n) is 17.2. The van der Waals surface area contributed by atoms with E-state index in [4.69, 9.17) is 0 Å². The first-order valence-corrected chi connectivity index (χ1v) is 9.81. The lowest BCUT2D eigenvalue weighted by atomic mass is 10.1. The Morgan fingerprint density at radius 1 is 1.08 bits per heavy atom. The molecule has 0 bridgehead atoms. The molecule has 1 aromatic rings. The van der Waals surface area contributed by atoms with Crippen molar-refractivity contribution in [2.24, 2.45) is 0 Å². The highest BCUT2D eigenvalue weighted by Gasteiger charge is 2.20. The monoisotopic (exact) mass is 360 g/mol. The van der Waals surface area contributed by atoms with Crippen molar-refractivity contribution >= 4 is 11.6 Å². The minimum atomic E-state index is 0.138. The second-order valence-electron chi connectivity index (χ2n) is 8.36. The number of amides is 1. The summed E-state index contributed by atoms with van der Waals surface area (Å²) in [6, 6.07) is 6.50. The maximum absolute atomic E-state index is 12.1. The highest BCUT2D eigenvalue weighted by atomic mass is 16.2. The molecule has 1 aliphatic heterocycles. The Morgan fingerprint density at radius 3 is 2.42 bits per heavy atom. The van der Waals surface area contributed by atoms with Gasteiger partial charge in [-0.3, -0.25) is 9.69 Å². The standard InChI is InChI=1S/C21H36N4O/c1-17-8-6-9-19(18(17)2)25-14-12-24(13-15-25)16-20(26)22-10-7-11-23-21(3,4)5/h6,8-9,23H,7,10-16H2,1-5H3,(H,22,26). The molecule has 5 nitrogen and oxygen atoms in total.